The molecule has 18 heavy (non-hydrogen) atoms. The van der Waals surface area contributed by atoms with Gasteiger partial charge in [-0.3, -0.25) is 0 Å². The highest BCUT2D eigenvalue weighted by Gasteiger charge is 2.05. The van der Waals surface area contributed by atoms with Crippen LogP contribution in [0.15, 0.2) is 36.4 Å². The number of phenolic OH excluding ortho intramolecular Hbond substituents is 3. The summed E-state index contributed by atoms with van der Waals surface area (Å²) in [4.78, 5) is 0. The fraction of sp³-hybridized carbons (Fsp3) is 0. The Hall–Kier alpha value is -2.13. The van der Waals surface area contributed by atoms with Crippen LogP contribution in [0.2, 0.25) is 5.02 Å². The minimum atomic E-state index is -0.165. The van der Waals surface area contributed by atoms with Gasteiger partial charge in [0.1, 0.15) is 22.3 Å². The molecule has 0 heterocycles. The lowest BCUT2D eigenvalue weighted by Crippen LogP contribution is -1.76. The van der Waals surface area contributed by atoms with E-state index in [-0.39, 0.29) is 22.3 Å². The van der Waals surface area contributed by atoms with Gasteiger partial charge in [-0.25, -0.2) is 0 Å². The van der Waals surface area contributed by atoms with Gasteiger partial charge in [-0.2, -0.15) is 0 Å². The zero-order valence-corrected chi connectivity index (χ0v) is 10.1. The largest absolute Gasteiger partial charge is 0.508 e. The summed E-state index contributed by atoms with van der Waals surface area (Å²) in [6, 6.07) is 9.58. The fourth-order valence-corrected chi connectivity index (χ4v) is 1.60. The van der Waals surface area contributed by atoms with Crippen molar-refractivity contribution in [3.05, 3.63) is 52.5 Å². The smallest absolute Gasteiger partial charge is 0.138 e. The van der Waals surface area contributed by atoms with Crippen LogP contribution >= 0.6 is 11.6 Å². The first-order valence-electron chi connectivity index (χ1n) is 5.25. The third-order valence-electron chi connectivity index (χ3n) is 2.42. The van der Waals surface area contributed by atoms with Gasteiger partial charge in [-0.05, 0) is 35.4 Å². The Kier molecular flexibility index (Phi) is 3.44. The summed E-state index contributed by atoms with van der Waals surface area (Å²) in [7, 11) is 0. The molecule has 0 bridgehead atoms. The number of hydrogen-bond donors (Lipinski definition) is 3. The van der Waals surface area contributed by atoms with Gasteiger partial charge < -0.3 is 15.3 Å². The van der Waals surface area contributed by atoms with Crippen molar-refractivity contribution in [2.75, 3.05) is 0 Å². The van der Waals surface area contributed by atoms with Crippen LogP contribution in [0.3, 0.4) is 0 Å². The topological polar surface area (TPSA) is 60.7 Å². The molecule has 4 heteroatoms. The van der Waals surface area contributed by atoms with Gasteiger partial charge in [0.2, 0.25) is 0 Å². The van der Waals surface area contributed by atoms with E-state index in [2.05, 4.69) is 0 Å². The molecule has 0 spiro atoms. The first-order chi connectivity index (χ1) is 8.56. The quantitative estimate of drug-likeness (QED) is 0.725. The average molecular weight is 263 g/mol. The molecule has 0 amide bonds. The van der Waals surface area contributed by atoms with Crippen molar-refractivity contribution in [2.24, 2.45) is 0 Å². The summed E-state index contributed by atoms with van der Waals surface area (Å²) >= 11 is 5.63. The Morgan fingerprint density at radius 3 is 1.83 bits per heavy atom. The van der Waals surface area contributed by atoms with Gasteiger partial charge in [0, 0.05) is 0 Å². The Morgan fingerprint density at radius 2 is 1.28 bits per heavy atom. The van der Waals surface area contributed by atoms with Gasteiger partial charge in [-0.1, -0.05) is 35.9 Å². The lowest BCUT2D eigenvalue weighted by atomic mass is 10.1. The summed E-state index contributed by atoms with van der Waals surface area (Å²) in [6.45, 7) is 0. The molecule has 0 radical (unpaired) electrons. The monoisotopic (exact) mass is 262 g/mol. The van der Waals surface area contributed by atoms with Crippen LogP contribution in [0.5, 0.6) is 17.2 Å². The maximum atomic E-state index is 9.46. The van der Waals surface area contributed by atoms with E-state index >= 15 is 0 Å². The summed E-state index contributed by atoms with van der Waals surface area (Å²) in [5, 5.41) is 28.0. The van der Waals surface area contributed by atoms with Crippen LogP contribution in [0.4, 0.5) is 0 Å². The van der Waals surface area contributed by atoms with Gasteiger partial charge in [-0.15, -0.1) is 0 Å². The molecule has 2 aromatic carbocycles. The van der Waals surface area contributed by atoms with Crippen molar-refractivity contribution < 1.29 is 15.3 Å². The van der Waals surface area contributed by atoms with Crippen LogP contribution in [0.1, 0.15) is 11.1 Å². The van der Waals surface area contributed by atoms with Gasteiger partial charge in [0.05, 0.1) is 0 Å². The molecular formula is C14H11ClO3. The zero-order chi connectivity index (χ0) is 13.1. The molecule has 0 fully saturated rings. The van der Waals surface area contributed by atoms with Crippen molar-refractivity contribution in [3.63, 3.8) is 0 Å². The second kappa shape index (κ2) is 5.02. The maximum Gasteiger partial charge on any atom is 0.138 e. The molecule has 2 rings (SSSR count). The van der Waals surface area contributed by atoms with E-state index in [9.17, 15) is 10.2 Å². The molecule has 3 N–H and O–H groups in total. The Labute approximate surface area is 109 Å². The molecule has 0 unspecified atom stereocenters. The minimum Gasteiger partial charge on any atom is -0.508 e. The number of phenols is 3. The third kappa shape index (κ3) is 2.76. The van der Waals surface area contributed by atoms with E-state index in [1.165, 1.54) is 12.1 Å². The first kappa shape index (κ1) is 12.3. The number of aromatic hydroxyl groups is 3. The van der Waals surface area contributed by atoms with Crippen LogP contribution in [0, 0.1) is 0 Å². The second-order valence-electron chi connectivity index (χ2n) is 3.80. The van der Waals surface area contributed by atoms with Gasteiger partial charge in [0.15, 0.2) is 0 Å². The zero-order valence-electron chi connectivity index (χ0n) is 9.34. The van der Waals surface area contributed by atoms with Crippen LogP contribution in [-0.4, -0.2) is 15.3 Å². The van der Waals surface area contributed by atoms with Crippen molar-refractivity contribution in [2.45, 2.75) is 0 Å². The van der Waals surface area contributed by atoms with E-state index in [1.807, 2.05) is 0 Å². The van der Waals surface area contributed by atoms with E-state index in [1.54, 1.807) is 36.4 Å². The summed E-state index contributed by atoms with van der Waals surface area (Å²) in [6.07, 6.45) is 3.52. The van der Waals surface area contributed by atoms with Crippen molar-refractivity contribution in [1.82, 2.24) is 0 Å². The third-order valence-corrected chi connectivity index (χ3v) is 2.81. The highest BCUT2D eigenvalue weighted by atomic mass is 35.5. The Balaban J connectivity index is 2.26. The standard InChI is InChI=1S/C14H11ClO3/c15-14-12(17)7-10(8-13(14)18)2-1-9-3-5-11(16)6-4-9/h1-8,16-18H. The molecule has 0 aliphatic rings. The minimum absolute atomic E-state index is 0.0585. The number of hydrogen-bond acceptors (Lipinski definition) is 3. The highest BCUT2D eigenvalue weighted by molar-refractivity contribution is 6.33. The number of halogens is 1. The molecular weight excluding hydrogens is 252 g/mol. The normalized spacial score (nSPS) is 10.9. The lowest BCUT2D eigenvalue weighted by Gasteiger charge is -2.02. The molecule has 0 aromatic heterocycles. The summed E-state index contributed by atoms with van der Waals surface area (Å²) < 4.78 is 0. The predicted octanol–water partition coefficient (Wildman–Crippen LogP) is 3.63. The molecule has 0 atom stereocenters. The van der Waals surface area contributed by atoms with E-state index < -0.39 is 0 Å². The van der Waals surface area contributed by atoms with E-state index in [0.717, 1.165) is 5.56 Å². The van der Waals surface area contributed by atoms with Crippen molar-refractivity contribution >= 4 is 23.8 Å². The molecule has 92 valence electrons. The fourth-order valence-electron chi connectivity index (χ4n) is 1.49. The molecule has 0 saturated heterocycles. The van der Waals surface area contributed by atoms with Crippen molar-refractivity contribution in [3.8, 4) is 17.2 Å². The first-order valence-corrected chi connectivity index (χ1v) is 5.62. The Morgan fingerprint density at radius 1 is 0.778 bits per heavy atom. The van der Waals surface area contributed by atoms with E-state index in [0.29, 0.717) is 5.56 Å². The SMILES string of the molecule is Oc1ccc(C=Cc2cc(O)c(Cl)c(O)c2)cc1. The van der Waals surface area contributed by atoms with Gasteiger partial charge in [0.25, 0.3) is 0 Å². The molecule has 2 aromatic rings. The molecule has 3 nitrogen and oxygen atoms in total. The molecule has 0 aliphatic heterocycles. The Bertz CT molecular complexity index is 565. The summed E-state index contributed by atoms with van der Waals surface area (Å²) in [5.41, 5.74) is 1.52. The van der Waals surface area contributed by atoms with Crippen LogP contribution in [0.25, 0.3) is 12.2 Å². The predicted molar refractivity (Wildman–Crippen MR) is 71.8 cm³/mol. The van der Waals surface area contributed by atoms with Crippen molar-refractivity contribution in [1.29, 1.82) is 0 Å². The van der Waals surface area contributed by atoms with Crippen LogP contribution in [-0.2, 0) is 0 Å². The summed E-state index contributed by atoms with van der Waals surface area (Å²) in [5.74, 6) is -0.127. The van der Waals surface area contributed by atoms with Gasteiger partial charge >= 0.3 is 0 Å². The maximum absolute atomic E-state index is 9.46. The number of benzene rings is 2. The average Bonchev–Trinajstić information content (AvgIpc) is 2.35. The second-order valence-corrected chi connectivity index (χ2v) is 4.18. The molecule has 0 saturated carbocycles. The lowest BCUT2D eigenvalue weighted by molar-refractivity contribution is 0.451. The highest BCUT2D eigenvalue weighted by Crippen LogP contribution is 2.34. The van der Waals surface area contributed by atoms with Crippen LogP contribution < -0.4 is 0 Å². The van der Waals surface area contributed by atoms with E-state index in [4.69, 9.17) is 16.7 Å². The number of rotatable bonds is 2. The molecule has 0 aliphatic carbocycles.